The first-order chi connectivity index (χ1) is 15.4. The fourth-order valence-electron chi connectivity index (χ4n) is 3.36. The second-order valence-electron chi connectivity index (χ2n) is 7.62. The number of anilines is 1. The van der Waals surface area contributed by atoms with Crippen molar-refractivity contribution >= 4 is 27.5 Å². The molecular weight excluding hydrogens is 430 g/mol. The van der Waals surface area contributed by atoms with Crippen molar-refractivity contribution in [2.45, 2.75) is 43.6 Å². The van der Waals surface area contributed by atoms with Crippen molar-refractivity contribution < 1.29 is 22.7 Å². The summed E-state index contributed by atoms with van der Waals surface area (Å²) in [6.45, 7) is 3.42. The molecule has 1 aliphatic rings. The summed E-state index contributed by atoms with van der Waals surface area (Å²) >= 11 is 0. The Labute approximate surface area is 188 Å². The Morgan fingerprint density at radius 1 is 1.09 bits per heavy atom. The summed E-state index contributed by atoms with van der Waals surface area (Å²) in [6, 6.07) is 12.5. The summed E-state index contributed by atoms with van der Waals surface area (Å²) in [4.78, 5) is 25.5. The van der Waals surface area contributed by atoms with E-state index in [-0.39, 0.29) is 22.5 Å². The van der Waals surface area contributed by atoms with Crippen LogP contribution in [0.25, 0.3) is 0 Å². The second kappa shape index (κ2) is 11.2. The maximum Gasteiger partial charge on any atom is 0.255 e. The van der Waals surface area contributed by atoms with Crippen LogP contribution in [0.2, 0.25) is 0 Å². The minimum atomic E-state index is -3.70. The van der Waals surface area contributed by atoms with Crippen LogP contribution in [0, 0.1) is 0 Å². The summed E-state index contributed by atoms with van der Waals surface area (Å²) < 4.78 is 33.0. The molecule has 1 aliphatic heterocycles. The third kappa shape index (κ3) is 6.38. The molecule has 0 aliphatic carbocycles. The highest BCUT2D eigenvalue weighted by atomic mass is 32.2. The second-order valence-corrected chi connectivity index (χ2v) is 9.39. The van der Waals surface area contributed by atoms with Crippen LogP contribution in [0.15, 0.2) is 53.4 Å². The van der Waals surface area contributed by atoms with Gasteiger partial charge in [-0.05, 0) is 49.6 Å². The predicted octanol–water partition coefficient (Wildman–Crippen LogP) is 2.93. The number of ether oxygens (including phenoxy) is 1. The zero-order chi connectivity index (χ0) is 23.0. The SMILES string of the molecule is CCCCNS(=O)(=O)c1cccc(C(=O)Nc2ccccc2C(=O)NCC2CCCO2)c1. The van der Waals surface area contributed by atoms with E-state index in [4.69, 9.17) is 4.74 Å². The largest absolute Gasteiger partial charge is 0.376 e. The van der Waals surface area contributed by atoms with Gasteiger partial charge in [-0.2, -0.15) is 0 Å². The van der Waals surface area contributed by atoms with Gasteiger partial charge in [-0.3, -0.25) is 9.59 Å². The molecule has 0 radical (unpaired) electrons. The van der Waals surface area contributed by atoms with E-state index in [1.54, 1.807) is 24.3 Å². The average Bonchev–Trinajstić information content (AvgIpc) is 3.32. The number of sulfonamides is 1. The number of carbonyl (C=O) groups excluding carboxylic acids is 2. The van der Waals surface area contributed by atoms with Crippen molar-refractivity contribution in [3.05, 3.63) is 59.7 Å². The van der Waals surface area contributed by atoms with Crippen LogP contribution in [-0.2, 0) is 14.8 Å². The number of unbranched alkanes of at least 4 members (excludes halogenated alkanes) is 1. The number of hydrogen-bond acceptors (Lipinski definition) is 5. The highest BCUT2D eigenvalue weighted by molar-refractivity contribution is 7.89. The number of para-hydroxylation sites is 1. The molecule has 1 saturated heterocycles. The highest BCUT2D eigenvalue weighted by Gasteiger charge is 2.20. The quantitative estimate of drug-likeness (QED) is 0.473. The van der Waals surface area contributed by atoms with Gasteiger partial charge in [0.1, 0.15) is 0 Å². The van der Waals surface area contributed by atoms with Gasteiger partial charge in [-0.1, -0.05) is 31.5 Å². The molecule has 2 aromatic rings. The summed E-state index contributed by atoms with van der Waals surface area (Å²) in [5.74, 6) is -0.817. The van der Waals surface area contributed by atoms with Gasteiger partial charge >= 0.3 is 0 Å². The summed E-state index contributed by atoms with van der Waals surface area (Å²) in [7, 11) is -3.70. The lowest BCUT2D eigenvalue weighted by Crippen LogP contribution is -2.32. The molecule has 0 bridgehead atoms. The minimum Gasteiger partial charge on any atom is -0.376 e. The van der Waals surface area contributed by atoms with Crippen LogP contribution < -0.4 is 15.4 Å². The molecule has 0 spiro atoms. The van der Waals surface area contributed by atoms with Crippen LogP contribution in [0.3, 0.4) is 0 Å². The smallest absolute Gasteiger partial charge is 0.255 e. The summed E-state index contributed by atoms with van der Waals surface area (Å²) in [5.41, 5.74) is 0.846. The van der Waals surface area contributed by atoms with E-state index in [9.17, 15) is 18.0 Å². The Kier molecular flexibility index (Phi) is 8.38. The number of nitrogens with one attached hydrogen (secondary N) is 3. The third-order valence-corrected chi connectivity index (χ3v) is 6.62. The molecule has 8 nitrogen and oxygen atoms in total. The lowest BCUT2D eigenvalue weighted by atomic mass is 10.1. The third-order valence-electron chi connectivity index (χ3n) is 5.16. The number of rotatable bonds is 10. The first-order valence-corrected chi connectivity index (χ1v) is 12.3. The van der Waals surface area contributed by atoms with E-state index in [1.165, 1.54) is 24.3 Å². The molecule has 172 valence electrons. The fourth-order valence-corrected chi connectivity index (χ4v) is 4.48. The van der Waals surface area contributed by atoms with Gasteiger partial charge in [-0.15, -0.1) is 0 Å². The number of hydrogen-bond donors (Lipinski definition) is 3. The van der Waals surface area contributed by atoms with Crippen molar-refractivity contribution in [2.24, 2.45) is 0 Å². The van der Waals surface area contributed by atoms with Gasteiger partial charge < -0.3 is 15.4 Å². The average molecular weight is 460 g/mol. The Bertz CT molecular complexity index is 1050. The van der Waals surface area contributed by atoms with E-state index >= 15 is 0 Å². The topological polar surface area (TPSA) is 114 Å². The molecule has 32 heavy (non-hydrogen) atoms. The molecule has 3 N–H and O–H groups in total. The van der Waals surface area contributed by atoms with Gasteiger partial charge in [0.25, 0.3) is 11.8 Å². The lowest BCUT2D eigenvalue weighted by Gasteiger charge is -2.14. The molecule has 2 amide bonds. The first-order valence-electron chi connectivity index (χ1n) is 10.8. The Hall–Kier alpha value is -2.75. The number of benzene rings is 2. The standard InChI is InChI=1S/C23H29N3O5S/c1-2-3-13-25-32(29,30)19-10-6-8-17(15-19)22(27)26-21-12-5-4-11-20(21)23(28)24-16-18-9-7-14-31-18/h4-6,8,10-12,15,18,25H,2-3,7,9,13-14,16H2,1H3,(H,24,28)(H,26,27). The number of amides is 2. The summed E-state index contributed by atoms with van der Waals surface area (Å²) in [6.07, 6.45) is 3.49. The van der Waals surface area contributed by atoms with Crippen LogP contribution in [-0.4, -0.2) is 46.0 Å². The lowest BCUT2D eigenvalue weighted by molar-refractivity contribution is 0.0858. The molecular formula is C23H29N3O5S. The zero-order valence-electron chi connectivity index (χ0n) is 18.1. The Morgan fingerprint density at radius 3 is 2.66 bits per heavy atom. The highest BCUT2D eigenvalue weighted by Crippen LogP contribution is 2.18. The zero-order valence-corrected chi connectivity index (χ0v) is 18.9. The Balaban J connectivity index is 1.70. The van der Waals surface area contributed by atoms with Gasteiger partial charge in [0.2, 0.25) is 10.0 Å². The van der Waals surface area contributed by atoms with Crippen LogP contribution in [0.1, 0.15) is 53.3 Å². The number of carbonyl (C=O) groups is 2. The maximum absolute atomic E-state index is 12.8. The van der Waals surface area contributed by atoms with Crippen LogP contribution >= 0.6 is 0 Å². The fraction of sp³-hybridized carbons (Fsp3) is 0.391. The molecule has 0 saturated carbocycles. The van der Waals surface area contributed by atoms with Crippen LogP contribution in [0.4, 0.5) is 5.69 Å². The van der Waals surface area contributed by atoms with E-state index in [0.717, 1.165) is 25.7 Å². The molecule has 1 unspecified atom stereocenters. The van der Waals surface area contributed by atoms with Crippen LogP contribution in [0.5, 0.6) is 0 Å². The van der Waals surface area contributed by atoms with E-state index < -0.39 is 15.9 Å². The Morgan fingerprint density at radius 2 is 1.91 bits per heavy atom. The van der Waals surface area contributed by atoms with Gasteiger partial charge in [-0.25, -0.2) is 13.1 Å². The molecule has 0 aromatic heterocycles. The monoisotopic (exact) mass is 459 g/mol. The maximum atomic E-state index is 12.8. The molecule has 3 rings (SSSR count). The molecule has 1 fully saturated rings. The molecule has 2 aromatic carbocycles. The molecule has 1 heterocycles. The molecule has 1 atom stereocenters. The summed E-state index contributed by atoms with van der Waals surface area (Å²) in [5, 5.41) is 5.57. The van der Waals surface area contributed by atoms with Gasteiger partial charge in [0.05, 0.1) is 22.3 Å². The van der Waals surface area contributed by atoms with Gasteiger partial charge in [0, 0.05) is 25.3 Å². The van der Waals surface area contributed by atoms with Crippen molar-refractivity contribution in [3.63, 3.8) is 0 Å². The normalized spacial score (nSPS) is 16.0. The predicted molar refractivity (Wildman–Crippen MR) is 122 cm³/mol. The van der Waals surface area contributed by atoms with Crippen molar-refractivity contribution in [2.75, 3.05) is 25.0 Å². The van der Waals surface area contributed by atoms with E-state index in [2.05, 4.69) is 15.4 Å². The first kappa shape index (κ1) is 23.9. The van der Waals surface area contributed by atoms with E-state index in [0.29, 0.717) is 30.9 Å². The van der Waals surface area contributed by atoms with Crippen molar-refractivity contribution in [3.8, 4) is 0 Å². The van der Waals surface area contributed by atoms with E-state index in [1.807, 2.05) is 6.92 Å². The van der Waals surface area contributed by atoms with Gasteiger partial charge in [0.15, 0.2) is 0 Å². The van der Waals surface area contributed by atoms with Crippen molar-refractivity contribution in [1.29, 1.82) is 0 Å². The minimum absolute atomic E-state index is 0.0105. The van der Waals surface area contributed by atoms with Crippen molar-refractivity contribution in [1.82, 2.24) is 10.0 Å². The molecule has 9 heteroatoms.